The highest BCUT2D eigenvalue weighted by atomic mass is 16.5. The van der Waals surface area contributed by atoms with E-state index in [1.165, 1.54) is 0 Å². The van der Waals surface area contributed by atoms with Gasteiger partial charge in [-0.3, -0.25) is 0 Å². The fourth-order valence-corrected chi connectivity index (χ4v) is 3.98. The number of methoxy groups -OCH3 is 2. The van der Waals surface area contributed by atoms with E-state index in [1.54, 1.807) is 14.2 Å². The van der Waals surface area contributed by atoms with Gasteiger partial charge < -0.3 is 29.4 Å². The number of aromatic nitrogens is 4. The lowest BCUT2D eigenvalue weighted by Crippen LogP contribution is -2.11. The van der Waals surface area contributed by atoms with Gasteiger partial charge in [0.05, 0.1) is 33.2 Å². The van der Waals surface area contributed by atoms with Crippen molar-refractivity contribution in [2.45, 2.75) is 25.6 Å². The minimum absolute atomic E-state index is 0.226. The number of ether oxygens (including phenoxy) is 3. The molecular weight excluding hydrogens is 432 g/mol. The molecule has 3 heterocycles. The SMILES string of the molecule is COc1ccc(CNc2nc(NCc3ccc(OC)cc3)c3ncn(C4CCOC4)c3n2)cc1. The Kier molecular flexibility index (Phi) is 6.44. The minimum atomic E-state index is 0.226. The maximum Gasteiger partial charge on any atom is 0.227 e. The van der Waals surface area contributed by atoms with Crippen LogP contribution in [0, 0.1) is 0 Å². The maximum atomic E-state index is 5.59. The summed E-state index contributed by atoms with van der Waals surface area (Å²) in [5.74, 6) is 2.89. The number of fused-ring (bicyclic) bond motifs is 1. The Balaban J connectivity index is 1.41. The Bertz CT molecular complexity index is 1230. The molecule has 0 saturated carbocycles. The second-order valence-corrected chi connectivity index (χ2v) is 8.14. The van der Waals surface area contributed by atoms with Crippen LogP contribution in [0.15, 0.2) is 54.9 Å². The van der Waals surface area contributed by atoms with Crippen molar-refractivity contribution in [1.82, 2.24) is 19.5 Å². The molecule has 176 valence electrons. The van der Waals surface area contributed by atoms with Gasteiger partial charge in [0.2, 0.25) is 5.95 Å². The molecule has 1 aliphatic rings. The normalized spacial score (nSPS) is 15.4. The molecule has 4 aromatic rings. The molecule has 2 aromatic heterocycles. The van der Waals surface area contributed by atoms with E-state index in [9.17, 15) is 0 Å². The molecule has 1 fully saturated rings. The van der Waals surface area contributed by atoms with E-state index >= 15 is 0 Å². The quantitative estimate of drug-likeness (QED) is 0.387. The van der Waals surface area contributed by atoms with Gasteiger partial charge in [-0.1, -0.05) is 24.3 Å². The number of nitrogens with one attached hydrogen (secondary N) is 2. The summed E-state index contributed by atoms with van der Waals surface area (Å²) in [5.41, 5.74) is 3.76. The number of benzene rings is 2. The summed E-state index contributed by atoms with van der Waals surface area (Å²) in [7, 11) is 3.33. The van der Waals surface area contributed by atoms with E-state index in [-0.39, 0.29) is 6.04 Å². The average Bonchev–Trinajstić information content (AvgIpc) is 3.57. The standard InChI is InChI=1S/C25H28N6O3/c1-32-20-7-3-17(4-8-20)13-26-23-22-24(31(16-28-22)19-11-12-34-15-19)30-25(29-23)27-14-18-5-9-21(33-2)10-6-18/h3-10,16,19H,11-15H2,1-2H3,(H2,26,27,29,30). The topological polar surface area (TPSA) is 95.3 Å². The Labute approximate surface area is 198 Å². The van der Waals surface area contributed by atoms with Crippen LogP contribution in [0.2, 0.25) is 0 Å². The monoisotopic (exact) mass is 460 g/mol. The van der Waals surface area contributed by atoms with Crippen molar-refractivity contribution in [1.29, 1.82) is 0 Å². The Morgan fingerprint density at radius 2 is 1.56 bits per heavy atom. The molecule has 1 aliphatic heterocycles. The second kappa shape index (κ2) is 9.96. The van der Waals surface area contributed by atoms with Crippen molar-refractivity contribution in [3.8, 4) is 11.5 Å². The Hall–Kier alpha value is -3.85. The zero-order valence-corrected chi connectivity index (χ0v) is 19.3. The number of anilines is 2. The van der Waals surface area contributed by atoms with Gasteiger partial charge in [-0.15, -0.1) is 0 Å². The van der Waals surface area contributed by atoms with Gasteiger partial charge in [-0.2, -0.15) is 9.97 Å². The van der Waals surface area contributed by atoms with Gasteiger partial charge >= 0.3 is 0 Å². The van der Waals surface area contributed by atoms with Crippen LogP contribution in [0.25, 0.3) is 11.2 Å². The summed E-state index contributed by atoms with van der Waals surface area (Å²) >= 11 is 0. The summed E-state index contributed by atoms with van der Waals surface area (Å²) in [5, 5.41) is 6.80. The van der Waals surface area contributed by atoms with Crippen molar-refractivity contribution >= 4 is 22.9 Å². The molecule has 1 atom stereocenters. The van der Waals surface area contributed by atoms with Crippen molar-refractivity contribution in [2.24, 2.45) is 0 Å². The fraction of sp³-hybridized carbons (Fsp3) is 0.320. The molecular formula is C25H28N6O3. The van der Waals surface area contributed by atoms with Gasteiger partial charge in [0.1, 0.15) is 11.5 Å². The van der Waals surface area contributed by atoms with E-state index < -0.39 is 0 Å². The van der Waals surface area contributed by atoms with Crippen LogP contribution in [0.5, 0.6) is 11.5 Å². The van der Waals surface area contributed by atoms with Crippen LogP contribution < -0.4 is 20.1 Å². The molecule has 1 saturated heterocycles. The molecule has 0 aliphatic carbocycles. The van der Waals surface area contributed by atoms with Gasteiger partial charge in [0.25, 0.3) is 0 Å². The molecule has 0 radical (unpaired) electrons. The number of nitrogens with zero attached hydrogens (tertiary/aromatic N) is 4. The first kappa shape index (κ1) is 22.0. The molecule has 34 heavy (non-hydrogen) atoms. The van der Waals surface area contributed by atoms with Crippen LogP contribution in [0.3, 0.4) is 0 Å². The predicted molar refractivity (Wildman–Crippen MR) is 130 cm³/mol. The average molecular weight is 461 g/mol. The molecule has 2 N–H and O–H groups in total. The molecule has 0 bridgehead atoms. The van der Waals surface area contributed by atoms with Crippen LogP contribution in [-0.2, 0) is 17.8 Å². The number of rotatable bonds is 9. The van der Waals surface area contributed by atoms with E-state index in [4.69, 9.17) is 24.2 Å². The van der Waals surface area contributed by atoms with Crippen LogP contribution in [0.1, 0.15) is 23.6 Å². The van der Waals surface area contributed by atoms with E-state index in [0.29, 0.717) is 31.5 Å². The van der Waals surface area contributed by atoms with Crippen molar-refractivity contribution in [3.05, 3.63) is 66.0 Å². The molecule has 9 nitrogen and oxygen atoms in total. The third-order valence-corrected chi connectivity index (χ3v) is 5.95. The summed E-state index contributed by atoms with van der Waals surface area (Å²) < 4.78 is 18.2. The third-order valence-electron chi connectivity index (χ3n) is 5.95. The zero-order chi connectivity index (χ0) is 23.3. The highest BCUT2D eigenvalue weighted by Crippen LogP contribution is 2.27. The summed E-state index contributed by atoms with van der Waals surface area (Å²) in [4.78, 5) is 14.2. The van der Waals surface area contributed by atoms with E-state index in [2.05, 4.69) is 20.2 Å². The van der Waals surface area contributed by atoms with E-state index in [0.717, 1.165) is 46.8 Å². The second-order valence-electron chi connectivity index (χ2n) is 8.14. The summed E-state index contributed by atoms with van der Waals surface area (Å²) in [6.07, 6.45) is 2.78. The summed E-state index contributed by atoms with van der Waals surface area (Å²) in [6.45, 7) is 2.61. The largest absolute Gasteiger partial charge is 0.497 e. The molecule has 2 aromatic carbocycles. The Morgan fingerprint density at radius 3 is 2.15 bits per heavy atom. The third kappa shape index (κ3) is 4.74. The smallest absolute Gasteiger partial charge is 0.227 e. The lowest BCUT2D eigenvalue weighted by atomic mass is 10.2. The maximum absolute atomic E-state index is 5.59. The number of imidazole rings is 1. The highest BCUT2D eigenvalue weighted by molar-refractivity contribution is 5.84. The van der Waals surface area contributed by atoms with Gasteiger partial charge in [0, 0.05) is 19.7 Å². The molecule has 1 unspecified atom stereocenters. The lowest BCUT2D eigenvalue weighted by Gasteiger charge is -2.13. The van der Waals surface area contributed by atoms with Gasteiger partial charge in [-0.25, -0.2) is 4.98 Å². The molecule has 5 rings (SSSR count). The number of hydrogen-bond acceptors (Lipinski definition) is 8. The number of hydrogen-bond donors (Lipinski definition) is 2. The van der Waals surface area contributed by atoms with Crippen molar-refractivity contribution in [2.75, 3.05) is 38.1 Å². The first-order valence-corrected chi connectivity index (χ1v) is 11.3. The van der Waals surface area contributed by atoms with Crippen LogP contribution >= 0.6 is 0 Å². The molecule has 0 spiro atoms. The minimum Gasteiger partial charge on any atom is -0.497 e. The van der Waals surface area contributed by atoms with Gasteiger partial charge in [0.15, 0.2) is 17.0 Å². The van der Waals surface area contributed by atoms with Crippen LogP contribution in [0.4, 0.5) is 11.8 Å². The van der Waals surface area contributed by atoms with Gasteiger partial charge in [-0.05, 0) is 41.8 Å². The fourth-order valence-electron chi connectivity index (χ4n) is 3.98. The first-order chi connectivity index (χ1) is 16.7. The van der Waals surface area contributed by atoms with E-state index in [1.807, 2.05) is 54.9 Å². The molecule has 9 heteroatoms. The van der Waals surface area contributed by atoms with Crippen molar-refractivity contribution in [3.63, 3.8) is 0 Å². The predicted octanol–water partition coefficient (Wildman–Crippen LogP) is 4.03. The first-order valence-electron chi connectivity index (χ1n) is 11.3. The lowest BCUT2D eigenvalue weighted by molar-refractivity contribution is 0.187. The van der Waals surface area contributed by atoms with Crippen LogP contribution in [-0.4, -0.2) is 47.0 Å². The molecule has 0 amide bonds. The Morgan fingerprint density at radius 1 is 0.912 bits per heavy atom. The van der Waals surface area contributed by atoms with Crippen molar-refractivity contribution < 1.29 is 14.2 Å². The zero-order valence-electron chi connectivity index (χ0n) is 19.3. The summed E-state index contributed by atoms with van der Waals surface area (Å²) in [6, 6.07) is 16.1. The highest BCUT2D eigenvalue weighted by Gasteiger charge is 2.22.